The molecule has 0 spiro atoms. The van der Waals surface area contributed by atoms with Gasteiger partial charge in [0.1, 0.15) is 24.7 Å². The summed E-state index contributed by atoms with van der Waals surface area (Å²) < 4.78 is 53.3. The Morgan fingerprint density at radius 3 is 0.565 bits per heavy atom. The van der Waals surface area contributed by atoms with Crippen LogP contribution >= 0.6 is 0 Å². The summed E-state index contributed by atoms with van der Waals surface area (Å²) >= 11 is 0. The number of unbranched alkanes of at least 4 members (excludes halogenated alkanes) is 54. The zero-order valence-electron chi connectivity index (χ0n) is 91.9. The molecule has 0 aliphatic carbocycles. The van der Waals surface area contributed by atoms with Crippen LogP contribution in [0.5, 0.6) is 46.0 Å². The average Bonchev–Trinajstić information content (AvgIpc) is 0.829. The summed E-state index contributed by atoms with van der Waals surface area (Å²) in [4.78, 5) is 13.4. The lowest BCUT2D eigenvalue weighted by Crippen LogP contribution is -2.08. The number of nitrogens with two attached hydrogens (primary N) is 1. The maximum Gasteiger partial charge on any atom is 0.233 e. The van der Waals surface area contributed by atoms with Gasteiger partial charge in [-0.05, 0) is 220 Å². The largest absolute Gasteiger partial charge is 0.490 e. The molecule has 1 heterocycles. The zero-order valence-corrected chi connectivity index (χ0v) is 91.9. The monoisotopic (exact) mass is 2000 g/mol. The number of nitrogens with one attached hydrogen (secondary N) is 2. The Bertz CT molecular complexity index is 4770. The molecule has 0 unspecified atom stereocenters. The second-order valence-corrected chi connectivity index (χ2v) is 40.6. The second kappa shape index (κ2) is 79.0. The summed E-state index contributed by atoms with van der Waals surface area (Å²) in [5.74, 6) is 33.3. The van der Waals surface area contributed by atoms with Crippen LogP contribution in [0.4, 0.5) is 29.2 Å². The highest BCUT2D eigenvalue weighted by Gasteiger charge is 2.21. The van der Waals surface area contributed by atoms with Crippen LogP contribution in [0, 0.1) is 47.4 Å². The number of anilines is 5. The fourth-order valence-corrected chi connectivity index (χ4v) is 18.2. The molecule has 0 saturated carbocycles. The van der Waals surface area contributed by atoms with Gasteiger partial charge in [0.15, 0.2) is 23.0 Å². The Labute approximate surface area is 891 Å². The molecule has 4 N–H and O–H groups in total. The molecule has 0 fully saturated rings. The Morgan fingerprint density at radius 2 is 0.367 bits per heavy atom. The Hall–Kier alpha value is -11.2. The molecule has 0 saturated heterocycles. The molecular formula is C133H186N6O8. The van der Waals surface area contributed by atoms with E-state index in [4.69, 9.17) is 43.6 Å². The van der Waals surface area contributed by atoms with Crippen molar-refractivity contribution >= 4 is 29.2 Å². The van der Waals surface area contributed by atoms with Crippen molar-refractivity contribution < 1.29 is 37.9 Å². The van der Waals surface area contributed by atoms with Crippen molar-refractivity contribution in [1.29, 1.82) is 0 Å². The standard InChI is InChI=1S/C133H186N6O8/c1-7-13-19-25-31-37-43-49-55-61-99-140-125-105-119(106-126(141-100-62-56-50-44-38-32-26-20-14-8-2)129(125)144-103-65-59-53-47-41-35-29-23-17-11-5)109-146-123-95-87-117(88-96-123)81-77-113-71-67-111(68-72-113)75-79-115-83-91-121(92-84-115)135-132-137-131(134)138-133(139-132)136-122-93-85-116(86-94-122)80-76-112-69-73-114(74-70-112)78-82-118-89-97-124(98-90-118)147-110-120-107-127(142-101-63-57-51-45-39-33-27-21-15-9-3)130(145-104-66-60-54-48-42-36-30-24-18-12-6)128(108-120)143-102-64-58-52-46-40-34-28-22-16-10-4/h67-74,83-98,105-108H,7-66,99-104,109-110H2,1-6H3,(H4,134,135,136,137,138,139). The molecule has 147 heavy (non-hydrogen) atoms. The minimum atomic E-state index is 0.0725. The predicted octanol–water partition coefficient (Wildman–Crippen LogP) is 37.5. The van der Waals surface area contributed by atoms with Gasteiger partial charge in [-0.25, -0.2) is 0 Å². The van der Waals surface area contributed by atoms with Crippen LogP contribution in [-0.2, 0) is 13.2 Å². The topological polar surface area (TPSA) is 163 Å². The maximum atomic E-state index is 6.72. The maximum absolute atomic E-state index is 6.72. The first-order chi connectivity index (χ1) is 72.6. The van der Waals surface area contributed by atoms with Gasteiger partial charge in [-0.1, -0.05) is 436 Å². The second-order valence-electron chi connectivity index (χ2n) is 40.6. The van der Waals surface area contributed by atoms with Crippen molar-refractivity contribution in [2.24, 2.45) is 0 Å². The fourth-order valence-electron chi connectivity index (χ4n) is 18.2. The first-order valence-corrected chi connectivity index (χ1v) is 58.8. The summed E-state index contributed by atoms with van der Waals surface area (Å²) in [5, 5.41) is 6.55. The van der Waals surface area contributed by atoms with Gasteiger partial charge >= 0.3 is 0 Å². The SMILES string of the molecule is CCCCCCCCCCCCOc1cc(COc2ccc(C#Cc3ccc(C#Cc4ccc(Nc5nc(N)nc(Nc6ccc(C#Cc7ccc(C#Cc8ccc(OCc9cc(OCCCCCCCCCCCC)c(OCCCCCCCCCCCC)c(OCCCCCCCCCCCC)c9)cc8)cc7)cc6)n5)cc4)cc3)cc2)cc(OCCCCCCCCCCCC)c1OCCCCCCCCCCCC. The van der Waals surface area contributed by atoms with Crippen molar-refractivity contribution in [1.82, 2.24) is 15.0 Å². The van der Waals surface area contributed by atoms with Crippen LogP contribution < -0.4 is 54.3 Å². The van der Waals surface area contributed by atoms with E-state index in [2.05, 4.69) is 139 Å². The van der Waals surface area contributed by atoms with Gasteiger partial charge in [-0.3, -0.25) is 0 Å². The molecule has 0 amide bonds. The van der Waals surface area contributed by atoms with E-state index in [9.17, 15) is 0 Å². The predicted molar refractivity (Wildman–Crippen MR) is 619 cm³/mol. The highest BCUT2D eigenvalue weighted by atomic mass is 16.6. The summed E-state index contributed by atoms with van der Waals surface area (Å²) in [5.41, 5.74) is 16.8. The van der Waals surface area contributed by atoms with Crippen LogP contribution in [0.3, 0.4) is 0 Å². The average molecular weight is 2000 g/mol. The van der Waals surface area contributed by atoms with Gasteiger partial charge in [0, 0.05) is 55.9 Å². The minimum absolute atomic E-state index is 0.0725. The molecule has 8 aromatic carbocycles. The molecule has 0 radical (unpaired) electrons. The number of nitrogens with zero attached hydrogens (tertiary/aromatic N) is 3. The molecule has 14 nitrogen and oxygen atoms in total. The van der Waals surface area contributed by atoms with Crippen molar-refractivity contribution in [3.05, 3.63) is 225 Å². The normalized spacial score (nSPS) is 11.0. The van der Waals surface area contributed by atoms with Crippen molar-refractivity contribution in [3.63, 3.8) is 0 Å². The van der Waals surface area contributed by atoms with E-state index in [1.165, 1.54) is 321 Å². The number of nitrogen functional groups attached to an aromatic ring is 1. The molecule has 14 heteroatoms. The molecule has 1 aromatic heterocycles. The quantitative estimate of drug-likeness (QED) is 0.0244. The van der Waals surface area contributed by atoms with Gasteiger partial charge in [0.05, 0.1) is 39.6 Å². The van der Waals surface area contributed by atoms with Crippen LogP contribution in [0.2, 0.25) is 0 Å². The van der Waals surface area contributed by atoms with Crippen molar-refractivity contribution in [2.45, 2.75) is 440 Å². The van der Waals surface area contributed by atoms with Gasteiger partial charge < -0.3 is 54.3 Å². The fraction of sp³-hybridized carbons (Fsp3) is 0.556. The number of hydrogen-bond acceptors (Lipinski definition) is 14. The van der Waals surface area contributed by atoms with Crippen molar-refractivity contribution in [2.75, 3.05) is 56.0 Å². The molecular weight excluding hydrogens is 1810 g/mol. The molecule has 9 rings (SSSR count). The van der Waals surface area contributed by atoms with E-state index in [-0.39, 0.29) is 5.95 Å². The zero-order chi connectivity index (χ0) is 103. The lowest BCUT2D eigenvalue weighted by molar-refractivity contribution is 0.232. The Balaban J connectivity index is 0.733. The molecule has 0 aliphatic heterocycles. The van der Waals surface area contributed by atoms with Gasteiger partial charge in [-0.2, -0.15) is 15.0 Å². The molecule has 0 aliphatic rings. The Morgan fingerprint density at radius 1 is 0.197 bits per heavy atom. The number of ether oxygens (including phenoxy) is 8. The third-order valence-corrected chi connectivity index (χ3v) is 27.3. The van der Waals surface area contributed by atoms with Crippen LogP contribution in [-0.4, -0.2) is 54.6 Å². The molecule has 9 aromatic rings. The van der Waals surface area contributed by atoms with E-state index in [1.807, 2.05) is 146 Å². The smallest absolute Gasteiger partial charge is 0.233 e. The summed E-state index contributed by atoms with van der Waals surface area (Å²) in [6.07, 6.45) is 76.7. The van der Waals surface area contributed by atoms with Gasteiger partial charge in [0.25, 0.3) is 0 Å². The van der Waals surface area contributed by atoms with Crippen LogP contribution in [0.15, 0.2) is 170 Å². The first-order valence-electron chi connectivity index (χ1n) is 58.8. The summed E-state index contributed by atoms with van der Waals surface area (Å²) in [6, 6.07) is 56.1. The molecule has 796 valence electrons. The summed E-state index contributed by atoms with van der Waals surface area (Å²) in [7, 11) is 0. The molecule has 0 bridgehead atoms. The molecule has 0 atom stereocenters. The van der Waals surface area contributed by atoms with Crippen LogP contribution in [0.25, 0.3) is 0 Å². The van der Waals surface area contributed by atoms with Gasteiger partial charge in [0.2, 0.25) is 29.3 Å². The third kappa shape index (κ3) is 54.5. The number of rotatable bonds is 82. The lowest BCUT2D eigenvalue weighted by atomic mass is 10.1. The van der Waals surface area contributed by atoms with E-state index in [0.717, 1.165) is 177 Å². The highest BCUT2D eigenvalue weighted by molar-refractivity contribution is 5.62. The number of benzene rings is 8. The van der Waals surface area contributed by atoms with E-state index < -0.39 is 0 Å². The van der Waals surface area contributed by atoms with E-state index >= 15 is 0 Å². The summed E-state index contributed by atoms with van der Waals surface area (Å²) in [6.45, 7) is 18.3. The highest BCUT2D eigenvalue weighted by Crippen LogP contribution is 2.43. The Kier molecular flexibility index (Phi) is 64.1. The van der Waals surface area contributed by atoms with E-state index in [0.29, 0.717) is 64.8 Å². The number of hydrogen-bond donors (Lipinski definition) is 3. The lowest BCUT2D eigenvalue weighted by Gasteiger charge is -2.19. The number of aromatic nitrogens is 3. The first kappa shape index (κ1) is 119. The van der Waals surface area contributed by atoms with Crippen molar-refractivity contribution in [3.8, 4) is 93.4 Å². The van der Waals surface area contributed by atoms with Gasteiger partial charge in [-0.15, -0.1) is 0 Å². The van der Waals surface area contributed by atoms with E-state index in [1.54, 1.807) is 0 Å². The third-order valence-electron chi connectivity index (χ3n) is 27.3. The van der Waals surface area contributed by atoms with Crippen LogP contribution in [0.1, 0.15) is 482 Å². The minimum Gasteiger partial charge on any atom is -0.490 e.